The summed E-state index contributed by atoms with van der Waals surface area (Å²) in [6.45, 7) is 3.09. The van der Waals surface area contributed by atoms with Crippen molar-refractivity contribution in [3.8, 4) is 5.75 Å². The third-order valence-electron chi connectivity index (χ3n) is 5.65. The standard InChI is InChI=1S/C26H34N4O11/c1-5-11-28-24(36)29(13-16(2)31)26(38)30(25(28)37)14-18(32)15-41-22(34)8-6-7-21(33)27-19-12-17(23(35)40-4)9-10-20(19)39-3/h5,9-10,12,16,18,31-32H,1,6-8,11,13-15H2,2-4H3,(H,27,33). The Labute approximate surface area is 234 Å². The fraction of sp³-hybridized carbons (Fsp3) is 0.462. The quantitative estimate of drug-likeness (QED) is 0.177. The van der Waals surface area contributed by atoms with E-state index in [4.69, 9.17) is 9.47 Å². The monoisotopic (exact) mass is 578 g/mol. The highest BCUT2D eigenvalue weighted by atomic mass is 16.5. The number of nitrogens with zero attached hydrogens (tertiary/aromatic N) is 3. The van der Waals surface area contributed by atoms with Crippen LogP contribution >= 0.6 is 0 Å². The minimum Gasteiger partial charge on any atom is -0.495 e. The molecule has 0 radical (unpaired) electrons. The predicted molar refractivity (Wildman–Crippen MR) is 145 cm³/mol. The van der Waals surface area contributed by atoms with Gasteiger partial charge < -0.3 is 29.7 Å². The van der Waals surface area contributed by atoms with Crippen LogP contribution in [0.15, 0.2) is 45.2 Å². The molecule has 0 spiro atoms. The van der Waals surface area contributed by atoms with Gasteiger partial charge in [-0.1, -0.05) is 6.08 Å². The summed E-state index contributed by atoms with van der Waals surface area (Å²) in [6.07, 6.45) is -1.42. The fourth-order valence-corrected chi connectivity index (χ4v) is 3.73. The summed E-state index contributed by atoms with van der Waals surface area (Å²) in [7, 11) is 2.62. The molecule has 2 aromatic rings. The van der Waals surface area contributed by atoms with Gasteiger partial charge >= 0.3 is 29.0 Å². The van der Waals surface area contributed by atoms with Crippen LogP contribution in [0.3, 0.4) is 0 Å². The number of rotatable bonds is 15. The molecule has 0 aliphatic rings. The molecule has 0 aliphatic heterocycles. The second-order valence-corrected chi connectivity index (χ2v) is 8.96. The maximum absolute atomic E-state index is 12.7. The Morgan fingerprint density at radius 1 is 1.00 bits per heavy atom. The van der Waals surface area contributed by atoms with Crippen molar-refractivity contribution < 1.29 is 38.8 Å². The summed E-state index contributed by atoms with van der Waals surface area (Å²) in [4.78, 5) is 74.1. The third-order valence-corrected chi connectivity index (χ3v) is 5.65. The number of carbonyl (C=O) groups excluding carboxylic acids is 3. The van der Waals surface area contributed by atoms with Gasteiger partial charge in [-0.25, -0.2) is 32.9 Å². The summed E-state index contributed by atoms with van der Waals surface area (Å²) in [6, 6.07) is 4.37. The Morgan fingerprint density at radius 3 is 2.22 bits per heavy atom. The Balaban J connectivity index is 1.94. The van der Waals surface area contributed by atoms with Crippen molar-refractivity contribution >= 4 is 23.5 Å². The molecule has 0 fully saturated rings. The van der Waals surface area contributed by atoms with E-state index in [-0.39, 0.29) is 43.6 Å². The summed E-state index contributed by atoms with van der Waals surface area (Å²) >= 11 is 0. The van der Waals surface area contributed by atoms with Gasteiger partial charge in [-0.05, 0) is 31.5 Å². The van der Waals surface area contributed by atoms with Gasteiger partial charge in [-0.3, -0.25) is 9.59 Å². The number of carbonyl (C=O) groups is 3. The van der Waals surface area contributed by atoms with Crippen LogP contribution < -0.4 is 27.1 Å². The summed E-state index contributed by atoms with van der Waals surface area (Å²) in [5.74, 6) is -1.48. The molecule has 1 aromatic carbocycles. The van der Waals surface area contributed by atoms with Gasteiger partial charge in [0, 0.05) is 12.8 Å². The molecule has 3 N–H and O–H groups in total. The minimum absolute atomic E-state index is 0.0771. The normalized spacial score (nSPS) is 12.2. The van der Waals surface area contributed by atoms with Gasteiger partial charge in [0.15, 0.2) is 0 Å². The lowest BCUT2D eigenvalue weighted by Crippen LogP contribution is -2.56. The zero-order valence-electron chi connectivity index (χ0n) is 23.0. The molecule has 1 amide bonds. The first-order valence-electron chi connectivity index (χ1n) is 12.6. The average Bonchev–Trinajstić information content (AvgIpc) is 2.94. The van der Waals surface area contributed by atoms with Crippen molar-refractivity contribution in [2.75, 3.05) is 26.1 Å². The second-order valence-electron chi connectivity index (χ2n) is 8.96. The summed E-state index contributed by atoms with van der Waals surface area (Å²) < 4.78 is 16.8. The number of allylic oxidation sites excluding steroid dienone is 1. The van der Waals surface area contributed by atoms with Crippen molar-refractivity contribution in [3.05, 3.63) is 67.9 Å². The van der Waals surface area contributed by atoms with Gasteiger partial charge in [-0.2, -0.15) is 0 Å². The van der Waals surface area contributed by atoms with Crippen molar-refractivity contribution in [2.45, 2.75) is 58.0 Å². The highest BCUT2D eigenvalue weighted by Gasteiger charge is 2.19. The molecule has 41 heavy (non-hydrogen) atoms. The minimum atomic E-state index is -1.48. The molecule has 15 heteroatoms. The van der Waals surface area contributed by atoms with E-state index in [1.807, 2.05) is 0 Å². The molecule has 0 saturated carbocycles. The van der Waals surface area contributed by atoms with Crippen molar-refractivity contribution in [2.24, 2.45) is 0 Å². The maximum Gasteiger partial charge on any atom is 0.337 e. The number of aliphatic hydroxyl groups excluding tert-OH is 2. The lowest BCUT2D eigenvalue weighted by molar-refractivity contribution is -0.147. The van der Waals surface area contributed by atoms with E-state index >= 15 is 0 Å². The maximum atomic E-state index is 12.7. The van der Waals surface area contributed by atoms with Crippen LogP contribution in [0.1, 0.15) is 36.5 Å². The molecule has 2 atom stereocenters. The van der Waals surface area contributed by atoms with E-state index in [0.717, 1.165) is 4.57 Å². The Kier molecular flexibility index (Phi) is 12.2. The number of anilines is 1. The number of benzene rings is 1. The molecule has 2 unspecified atom stereocenters. The highest BCUT2D eigenvalue weighted by Crippen LogP contribution is 2.26. The number of ether oxygens (including phenoxy) is 3. The Bertz CT molecular complexity index is 1440. The highest BCUT2D eigenvalue weighted by molar-refractivity contribution is 5.96. The van der Waals surface area contributed by atoms with E-state index in [0.29, 0.717) is 14.9 Å². The molecule has 1 heterocycles. The fourth-order valence-electron chi connectivity index (χ4n) is 3.73. The van der Waals surface area contributed by atoms with Gasteiger partial charge in [0.2, 0.25) is 5.91 Å². The molecule has 0 bridgehead atoms. The molecular formula is C26H34N4O11. The Hall–Kier alpha value is -4.50. The van der Waals surface area contributed by atoms with E-state index in [1.54, 1.807) is 0 Å². The molecule has 1 aromatic heterocycles. The lowest BCUT2D eigenvalue weighted by atomic mass is 10.1. The third kappa shape index (κ3) is 9.01. The largest absolute Gasteiger partial charge is 0.495 e. The number of nitrogens with one attached hydrogen (secondary N) is 1. The molecule has 0 saturated heterocycles. The first-order valence-corrected chi connectivity index (χ1v) is 12.6. The molecule has 15 nitrogen and oxygen atoms in total. The molecule has 2 rings (SSSR count). The number of hydrogen-bond acceptors (Lipinski definition) is 11. The first-order chi connectivity index (χ1) is 19.4. The molecular weight excluding hydrogens is 544 g/mol. The van der Waals surface area contributed by atoms with Crippen LogP contribution in [0, 0.1) is 0 Å². The van der Waals surface area contributed by atoms with Crippen LogP contribution in [0.2, 0.25) is 0 Å². The topological polar surface area (TPSA) is 197 Å². The van der Waals surface area contributed by atoms with Gasteiger partial charge in [0.1, 0.15) is 18.5 Å². The van der Waals surface area contributed by atoms with Crippen LogP contribution in [-0.4, -0.2) is 74.8 Å². The predicted octanol–water partition coefficient (Wildman–Crippen LogP) is -0.753. The molecule has 224 valence electrons. The second kappa shape index (κ2) is 15.3. The smallest absolute Gasteiger partial charge is 0.337 e. The van der Waals surface area contributed by atoms with Crippen LogP contribution in [0.25, 0.3) is 0 Å². The van der Waals surface area contributed by atoms with Gasteiger partial charge in [0.25, 0.3) is 0 Å². The zero-order chi connectivity index (χ0) is 30.7. The SMILES string of the molecule is C=CCn1c(=O)n(CC(C)O)c(=O)n(CC(O)COC(=O)CCCC(=O)Nc2cc(C(=O)OC)ccc2OC)c1=O. The zero-order valence-corrected chi connectivity index (χ0v) is 23.0. The van der Waals surface area contributed by atoms with Crippen molar-refractivity contribution in [1.29, 1.82) is 0 Å². The summed E-state index contributed by atoms with van der Waals surface area (Å²) in [5, 5.41) is 22.6. The average molecular weight is 579 g/mol. The number of aliphatic hydroxyl groups is 2. The van der Waals surface area contributed by atoms with Crippen LogP contribution in [0.5, 0.6) is 5.75 Å². The van der Waals surface area contributed by atoms with Crippen LogP contribution in [-0.2, 0) is 38.7 Å². The van der Waals surface area contributed by atoms with E-state index < -0.39 is 60.3 Å². The van der Waals surface area contributed by atoms with E-state index in [9.17, 15) is 39.0 Å². The lowest BCUT2D eigenvalue weighted by Gasteiger charge is -2.16. The van der Waals surface area contributed by atoms with Gasteiger partial charge in [-0.15, -0.1) is 6.58 Å². The number of hydrogen-bond donors (Lipinski definition) is 3. The number of aromatic nitrogens is 3. The Morgan fingerprint density at radius 2 is 1.63 bits per heavy atom. The van der Waals surface area contributed by atoms with Crippen LogP contribution in [0.4, 0.5) is 5.69 Å². The van der Waals surface area contributed by atoms with E-state index in [2.05, 4.69) is 16.6 Å². The van der Waals surface area contributed by atoms with Crippen molar-refractivity contribution in [1.82, 2.24) is 13.7 Å². The summed E-state index contributed by atoms with van der Waals surface area (Å²) in [5.41, 5.74) is -2.52. The number of esters is 2. The van der Waals surface area contributed by atoms with Crippen molar-refractivity contribution in [3.63, 3.8) is 0 Å². The van der Waals surface area contributed by atoms with E-state index in [1.165, 1.54) is 45.4 Å². The number of amides is 1. The number of methoxy groups -OCH3 is 2. The molecule has 0 aliphatic carbocycles. The van der Waals surface area contributed by atoms with Gasteiger partial charge in [0.05, 0.1) is 51.2 Å². The first kappa shape index (κ1) is 32.7.